The van der Waals surface area contributed by atoms with E-state index >= 15 is 0 Å². The van der Waals surface area contributed by atoms with Gasteiger partial charge in [-0.3, -0.25) is 0 Å². The van der Waals surface area contributed by atoms with Gasteiger partial charge in [0.15, 0.2) is 0 Å². The molecule has 0 saturated heterocycles. The normalized spacial score (nSPS) is 16.5. The monoisotopic (exact) mass is 336 g/mol. The lowest BCUT2D eigenvalue weighted by Crippen LogP contribution is -2.61. The van der Waals surface area contributed by atoms with Crippen LogP contribution in [0.5, 0.6) is 0 Å². The molecule has 2 aromatic rings. The first-order valence-electron chi connectivity index (χ1n) is 6.36. The number of nitrogens with zero attached hydrogens (tertiary/aromatic N) is 2. The smallest absolute Gasteiger partial charge is 0.399 e. The molecule has 0 spiro atoms. The van der Waals surface area contributed by atoms with Gasteiger partial charge in [0.2, 0.25) is 0 Å². The number of benzene rings is 1. The predicted octanol–water partition coefficient (Wildman–Crippen LogP) is 3.51. The molecule has 1 aliphatic heterocycles. The third-order valence-electron chi connectivity index (χ3n) is 3.65. The van der Waals surface area contributed by atoms with Gasteiger partial charge in [-0.1, -0.05) is 6.07 Å². The number of hydrogen-bond acceptors (Lipinski definition) is 3. The van der Waals surface area contributed by atoms with Crippen molar-refractivity contribution in [3.05, 3.63) is 35.5 Å². The number of fused-ring (bicyclic) bond motifs is 3. The molecule has 1 aromatic heterocycles. The Morgan fingerprint density at radius 3 is 2.26 bits per heavy atom. The largest absolute Gasteiger partial charge is 0.424 e. The van der Waals surface area contributed by atoms with Crippen molar-refractivity contribution in [3.8, 4) is 5.69 Å². The number of nitrogens with one attached hydrogen (secondary N) is 1. The minimum absolute atomic E-state index is 0.0306. The Morgan fingerprint density at radius 1 is 1.09 bits per heavy atom. The first kappa shape index (κ1) is 15.5. The van der Waals surface area contributed by atoms with Crippen LogP contribution in [-0.4, -0.2) is 22.1 Å². The number of aryl methyl sites for hydroxylation is 1. The maximum absolute atomic E-state index is 13.5. The summed E-state index contributed by atoms with van der Waals surface area (Å²) < 4.78 is 82.2. The van der Waals surface area contributed by atoms with Crippen LogP contribution in [0, 0.1) is 6.92 Å². The van der Waals surface area contributed by atoms with Crippen LogP contribution in [0.2, 0.25) is 0 Å². The highest BCUT2D eigenvalue weighted by Gasteiger charge is 2.74. The third kappa shape index (κ3) is 1.97. The molecule has 0 unspecified atom stereocenters. The number of nitrogen functional groups attached to an aromatic ring is 1. The minimum Gasteiger partial charge on any atom is -0.399 e. The number of nitrogens with two attached hydrogens (primary N) is 1. The fraction of sp³-hybridized carbons (Fsp3) is 0.308. The van der Waals surface area contributed by atoms with E-state index in [1.165, 1.54) is 6.92 Å². The molecule has 1 aromatic carbocycles. The highest BCUT2D eigenvalue weighted by Crippen LogP contribution is 2.55. The van der Waals surface area contributed by atoms with E-state index in [0.29, 0.717) is 0 Å². The van der Waals surface area contributed by atoms with E-state index in [-0.39, 0.29) is 17.1 Å². The average Bonchev–Trinajstić information content (AvgIpc) is 2.75. The predicted molar refractivity (Wildman–Crippen MR) is 70.1 cm³/mol. The van der Waals surface area contributed by atoms with Gasteiger partial charge in [0, 0.05) is 17.3 Å². The molecule has 3 N–H and O–H groups in total. The van der Waals surface area contributed by atoms with E-state index in [9.17, 15) is 26.3 Å². The molecule has 0 amide bonds. The molecule has 124 valence electrons. The van der Waals surface area contributed by atoms with Crippen molar-refractivity contribution < 1.29 is 26.3 Å². The van der Waals surface area contributed by atoms with Crippen molar-refractivity contribution in [2.45, 2.75) is 24.8 Å². The molecule has 0 fully saturated rings. The molecule has 0 atom stereocenters. The van der Waals surface area contributed by atoms with E-state index in [1.54, 1.807) is 5.32 Å². The second-order valence-corrected chi connectivity index (χ2v) is 5.23. The first-order valence-corrected chi connectivity index (χ1v) is 6.36. The van der Waals surface area contributed by atoms with Crippen LogP contribution in [-0.2, 0) is 5.54 Å². The van der Waals surface area contributed by atoms with Gasteiger partial charge in [0.1, 0.15) is 5.82 Å². The summed E-state index contributed by atoms with van der Waals surface area (Å²) in [5, 5.41) is 5.52. The van der Waals surface area contributed by atoms with Crippen LogP contribution < -0.4 is 11.1 Å². The summed E-state index contributed by atoms with van der Waals surface area (Å²) in [6.45, 7) is 1.46. The Bertz CT molecular complexity index is 760. The van der Waals surface area contributed by atoms with E-state index in [2.05, 4.69) is 5.10 Å². The molecule has 10 heteroatoms. The number of hydrogen-bond donors (Lipinski definition) is 2. The zero-order valence-corrected chi connectivity index (χ0v) is 11.5. The fourth-order valence-corrected chi connectivity index (χ4v) is 2.68. The molecular formula is C13H10F6N4. The molecule has 1 aliphatic rings. The van der Waals surface area contributed by atoms with Crippen molar-refractivity contribution >= 4 is 11.5 Å². The van der Waals surface area contributed by atoms with E-state index in [4.69, 9.17) is 5.73 Å². The molecule has 23 heavy (non-hydrogen) atoms. The second kappa shape index (κ2) is 4.33. The Kier molecular flexibility index (Phi) is 2.92. The number of rotatable bonds is 0. The number of halogens is 6. The topological polar surface area (TPSA) is 55.9 Å². The molecule has 0 saturated carbocycles. The summed E-state index contributed by atoms with van der Waals surface area (Å²) in [7, 11) is 0. The fourth-order valence-electron chi connectivity index (χ4n) is 2.68. The lowest BCUT2D eigenvalue weighted by molar-refractivity contribution is -0.294. The molecule has 2 heterocycles. The molecule has 0 bridgehead atoms. The second-order valence-electron chi connectivity index (χ2n) is 5.23. The lowest BCUT2D eigenvalue weighted by atomic mass is 9.85. The van der Waals surface area contributed by atoms with Crippen molar-refractivity contribution in [3.63, 3.8) is 0 Å². The van der Waals surface area contributed by atoms with E-state index in [1.807, 2.05) is 0 Å². The molecule has 0 radical (unpaired) electrons. The Labute approximate surface area is 125 Å². The van der Waals surface area contributed by atoms with Crippen molar-refractivity contribution in [1.29, 1.82) is 0 Å². The average molecular weight is 336 g/mol. The zero-order chi connectivity index (χ0) is 17.2. The Morgan fingerprint density at radius 2 is 1.70 bits per heavy atom. The Balaban J connectivity index is 2.42. The summed E-state index contributed by atoms with van der Waals surface area (Å²) in [6.07, 6.45) is -11.3. The zero-order valence-electron chi connectivity index (χ0n) is 11.5. The molecule has 4 nitrogen and oxygen atoms in total. The van der Waals surface area contributed by atoms with Gasteiger partial charge in [-0.25, -0.2) is 4.68 Å². The van der Waals surface area contributed by atoms with E-state index in [0.717, 1.165) is 28.9 Å². The van der Waals surface area contributed by atoms with Gasteiger partial charge < -0.3 is 11.1 Å². The van der Waals surface area contributed by atoms with Crippen LogP contribution in [0.1, 0.15) is 11.3 Å². The third-order valence-corrected chi connectivity index (χ3v) is 3.65. The highest BCUT2D eigenvalue weighted by atomic mass is 19.4. The SMILES string of the molecule is Cc1cc2n(n1)-c1cc(N)ccc1C(C(F)(F)F)(C(F)(F)F)N2. The number of alkyl halides is 6. The summed E-state index contributed by atoms with van der Waals surface area (Å²) in [5.41, 5.74) is 0.236. The quantitative estimate of drug-likeness (QED) is 0.572. The Hall–Kier alpha value is -2.39. The number of anilines is 2. The molecular weight excluding hydrogens is 326 g/mol. The summed E-state index contributed by atoms with van der Waals surface area (Å²) in [5.74, 6) is -0.407. The minimum atomic E-state index is -5.63. The first-order chi connectivity index (χ1) is 10.5. The van der Waals surface area contributed by atoms with E-state index < -0.39 is 29.3 Å². The van der Waals surface area contributed by atoms with Gasteiger partial charge >= 0.3 is 12.4 Å². The van der Waals surface area contributed by atoms with Gasteiger partial charge in [0.05, 0.1) is 11.4 Å². The van der Waals surface area contributed by atoms with Crippen molar-refractivity contribution in [1.82, 2.24) is 9.78 Å². The van der Waals surface area contributed by atoms with Gasteiger partial charge in [0.25, 0.3) is 5.54 Å². The van der Waals surface area contributed by atoms with Crippen molar-refractivity contribution in [2.75, 3.05) is 11.1 Å². The summed E-state index contributed by atoms with van der Waals surface area (Å²) >= 11 is 0. The van der Waals surface area contributed by atoms with Crippen LogP contribution >= 0.6 is 0 Å². The molecule has 3 rings (SSSR count). The molecule has 0 aliphatic carbocycles. The highest BCUT2D eigenvalue weighted by molar-refractivity contribution is 5.65. The van der Waals surface area contributed by atoms with Gasteiger partial charge in [-0.2, -0.15) is 31.4 Å². The summed E-state index contributed by atoms with van der Waals surface area (Å²) in [6, 6.07) is 3.86. The van der Waals surface area contributed by atoms with Crippen LogP contribution in [0.15, 0.2) is 24.3 Å². The van der Waals surface area contributed by atoms with Crippen molar-refractivity contribution in [2.24, 2.45) is 0 Å². The maximum Gasteiger partial charge on any atom is 0.424 e. The van der Waals surface area contributed by atoms with Gasteiger partial charge in [-0.15, -0.1) is 0 Å². The standard InChI is InChI=1S/C13H10F6N4/c1-6-4-10-21-11(12(14,15)16,13(17,18)19)8-3-2-7(20)5-9(8)23(10)22-6/h2-5,21H,20H2,1H3. The lowest BCUT2D eigenvalue weighted by Gasteiger charge is -2.42. The van der Waals surface area contributed by atoms with Gasteiger partial charge in [-0.05, 0) is 19.1 Å². The number of aromatic nitrogens is 2. The summed E-state index contributed by atoms with van der Waals surface area (Å²) in [4.78, 5) is 0. The maximum atomic E-state index is 13.5. The van der Waals surface area contributed by atoms with Crippen LogP contribution in [0.4, 0.5) is 37.8 Å². The van der Waals surface area contributed by atoms with Crippen LogP contribution in [0.25, 0.3) is 5.69 Å². The van der Waals surface area contributed by atoms with Crippen LogP contribution in [0.3, 0.4) is 0 Å².